The van der Waals surface area contributed by atoms with Crippen LogP contribution in [0, 0.1) is 17.0 Å². The highest BCUT2D eigenvalue weighted by Gasteiger charge is 2.18. The molecule has 2 rings (SSSR count). The first kappa shape index (κ1) is 14.5. The lowest BCUT2D eigenvalue weighted by molar-refractivity contribution is -0.385. The Morgan fingerprint density at radius 3 is 2.65 bits per heavy atom. The van der Waals surface area contributed by atoms with Gasteiger partial charge in [-0.25, -0.2) is 0 Å². The highest BCUT2D eigenvalue weighted by molar-refractivity contribution is 6.32. The minimum atomic E-state index is -0.389. The number of hydrogen-bond donors (Lipinski definition) is 1. The predicted molar refractivity (Wildman–Crippen MR) is 79.9 cm³/mol. The van der Waals surface area contributed by atoms with E-state index in [0.29, 0.717) is 17.0 Å². The largest absolute Gasteiger partial charge is 0.324 e. The first-order valence-electron chi connectivity index (χ1n) is 6.23. The first-order valence-corrected chi connectivity index (χ1v) is 6.61. The van der Waals surface area contributed by atoms with E-state index in [1.807, 2.05) is 25.1 Å². The molecule has 0 saturated carbocycles. The van der Waals surface area contributed by atoms with Gasteiger partial charge < -0.3 is 5.73 Å². The number of nitrogens with zero attached hydrogens (tertiary/aromatic N) is 1. The van der Waals surface area contributed by atoms with Gasteiger partial charge in [0.2, 0.25) is 0 Å². The van der Waals surface area contributed by atoms with E-state index in [1.165, 1.54) is 6.07 Å². The molecule has 104 valence electrons. The maximum absolute atomic E-state index is 11.0. The molecule has 2 N–H and O–H groups in total. The normalized spacial score (nSPS) is 12.2. The molecule has 1 atom stereocenters. The van der Waals surface area contributed by atoms with Crippen LogP contribution >= 0.6 is 11.6 Å². The average Bonchev–Trinajstić information content (AvgIpc) is 2.42. The van der Waals surface area contributed by atoms with Gasteiger partial charge in [0.15, 0.2) is 0 Å². The number of halogens is 1. The van der Waals surface area contributed by atoms with E-state index in [0.717, 1.165) is 11.1 Å². The van der Waals surface area contributed by atoms with Gasteiger partial charge >= 0.3 is 0 Å². The van der Waals surface area contributed by atoms with Crippen LogP contribution < -0.4 is 5.73 Å². The summed E-state index contributed by atoms with van der Waals surface area (Å²) in [6.45, 7) is 1.91. The fraction of sp³-hybridized carbons (Fsp3) is 0.200. The highest BCUT2D eigenvalue weighted by Crippen LogP contribution is 2.29. The van der Waals surface area contributed by atoms with Gasteiger partial charge in [-0.2, -0.15) is 0 Å². The Kier molecular flexibility index (Phi) is 4.37. The number of hydrogen-bond acceptors (Lipinski definition) is 3. The maximum atomic E-state index is 11.0. The quantitative estimate of drug-likeness (QED) is 0.688. The number of para-hydroxylation sites is 1. The standard InChI is InChI=1S/C15H15ClN2O2/c1-10-5-4-7-12(15(10)16)13(17)9-11-6-2-3-8-14(11)18(19)20/h2-8,13H,9,17H2,1H3. The summed E-state index contributed by atoms with van der Waals surface area (Å²) in [6, 6.07) is 11.9. The van der Waals surface area contributed by atoms with Crippen molar-refractivity contribution in [1.29, 1.82) is 0 Å². The van der Waals surface area contributed by atoms with E-state index in [9.17, 15) is 10.1 Å². The van der Waals surface area contributed by atoms with Crippen molar-refractivity contribution in [2.24, 2.45) is 5.73 Å². The van der Waals surface area contributed by atoms with Crippen LogP contribution in [0.5, 0.6) is 0 Å². The minimum absolute atomic E-state index is 0.0896. The van der Waals surface area contributed by atoms with Crippen LogP contribution in [0.4, 0.5) is 5.69 Å². The molecule has 0 saturated heterocycles. The zero-order valence-corrected chi connectivity index (χ0v) is 11.8. The van der Waals surface area contributed by atoms with Gasteiger partial charge in [-0.05, 0) is 24.5 Å². The molecule has 4 nitrogen and oxygen atoms in total. The van der Waals surface area contributed by atoms with E-state index in [4.69, 9.17) is 17.3 Å². The van der Waals surface area contributed by atoms with Crippen molar-refractivity contribution < 1.29 is 4.92 Å². The zero-order chi connectivity index (χ0) is 14.7. The molecule has 0 bridgehead atoms. The van der Waals surface area contributed by atoms with Crippen molar-refractivity contribution in [1.82, 2.24) is 0 Å². The maximum Gasteiger partial charge on any atom is 0.272 e. The molecule has 2 aromatic rings. The summed E-state index contributed by atoms with van der Waals surface area (Å²) in [5.41, 5.74) is 8.62. The van der Waals surface area contributed by atoms with E-state index in [1.54, 1.807) is 18.2 Å². The van der Waals surface area contributed by atoms with E-state index < -0.39 is 0 Å². The number of nitrogens with two attached hydrogens (primary N) is 1. The van der Waals surface area contributed by atoms with Crippen molar-refractivity contribution >= 4 is 17.3 Å². The van der Waals surface area contributed by atoms with Crippen LogP contribution in [0.2, 0.25) is 5.02 Å². The summed E-state index contributed by atoms with van der Waals surface area (Å²) in [5.74, 6) is 0. The van der Waals surface area contributed by atoms with Gasteiger partial charge in [-0.1, -0.05) is 48.0 Å². The molecule has 20 heavy (non-hydrogen) atoms. The van der Waals surface area contributed by atoms with Crippen LogP contribution in [-0.2, 0) is 6.42 Å². The molecule has 5 heteroatoms. The van der Waals surface area contributed by atoms with Gasteiger partial charge in [0.05, 0.1) is 4.92 Å². The summed E-state index contributed by atoms with van der Waals surface area (Å²) in [7, 11) is 0. The highest BCUT2D eigenvalue weighted by atomic mass is 35.5. The number of aryl methyl sites for hydroxylation is 1. The first-order chi connectivity index (χ1) is 9.50. The molecule has 2 aromatic carbocycles. The second kappa shape index (κ2) is 6.03. The molecule has 0 aliphatic rings. The monoisotopic (exact) mass is 290 g/mol. The van der Waals surface area contributed by atoms with Crippen LogP contribution in [0.3, 0.4) is 0 Å². The molecule has 0 aliphatic carbocycles. The molecular formula is C15H15ClN2O2. The molecular weight excluding hydrogens is 276 g/mol. The van der Waals surface area contributed by atoms with Gasteiger partial charge in [0, 0.05) is 22.7 Å². The molecule has 1 unspecified atom stereocenters. The molecule has 0 heterocycles. The third kappa shape index (κ3) is 2.98. The smallest absolute Gasteiger partial charge is 0.272 e. The Bertz CT molecular complexity index is 644. The third-order valence-electron chi connectivity index (χ3n) is 3.25. The number of rotatable bonds is 4. The zero-order valence-electron chi connectivity index (χ0n) is 11.0. The van der Waals surface area contributed by atoms with Crippen molar-refractivity contribution in [2.45, 2.75) is 19.4 Å². The Morgan fingerprint density at radius 2 is 1.95 bits per heavy atom. The lowest BCUT2D eigenvalue weighted by atomic mass is 9.97. The van der Waals surface area contributed by atoms with Gasteiger partial charge in [0.25, 0.3) is 5.69 Å². The molecule has 0 aromatic heterocycles. The lowest BCUT2D eigenvalue weighted by Crippen LogP contribution is -2.15. The minimum Gasteiger partial charge on any atom is -0.324 e. The van der Waals surface area contributed by atoms with E-state index in [2.05, 4.69) is 0 Å². The average molecular weight is 291 g/mol. The van der Waals surface area contributed by atoms with Crippen LogP contribution in [-0.4, -0.2) is 4.92 Å². The van der Waals surface area contributed by atoms with Gasteiger partial charge in [-0.3, -0.25) is 10.1 Å². The summed E-state index contributed by atoms with van der Waals surface area (Å²) in [4.78, 5) is 10.6. The topological polar surface area (TPSA) is 69.2 Å². The molecule has 0 aliphatic heterocycles. The Hall–Kier alpha value is -1.91. The fourth-order valence-corrected chi connectivity index (χ4v) is 2.43. The Balaban J connectivity index is 2.30. The number of nitro groups is 1. The number of nitro benzene ring substituents is 1. The second-order valence-electron chi connectivity index (χ2n) is 4.67. The lowest BCUT2D eigenvalue weighted by Gasteiger charge is -2.15. The van der Waals surface area contributed by atoms with Crippen molar-refractivity contribution in [3.8, 4) is 0 Å². The molecule has 0 amide bonds. The van der Waals surface area contributed by atoms with E-state index in [-0.39, 0.29) is 16.7 Å². The Labute approximate surface area is 122 Å². The van der Waals surface area contributed by atoms with Crippen LogP contribution in [0.1, 0.15) is 22.7 Å². The summed E-state index contributed by atoms with van der Waals surface area (Å²) in [6.07, 6.45) is 0.375. The summed E-state index contributed by atoms with van der Waals surface area (Å²) < 4.78 is 0. The SMILES string of the molecule is Cc1cccc(C(N)Cc2ccccc2[N+](=O)[O-])c1Cl. The summed E-state index contributed by atoms with van der Waals surface area (Å²) >= 11 is 6.24. The van der Waals surface area contributed by atoms with Crippen LogP contribution in [0.25, 0.3) is 0 Å². The van der Waals surface area contributed by atoms with Crippen molar-refractivity contribution in [3.63, 3.8) is 0 Å². The Morgan fingerprint density at radius 1 is 1.25 bits per heavy atom. The van der Waals surface area contributed by atoms with Crippen LogP contribution in [0.15, 0.2) is 42.5 Å². The van der Waals surface area contributed by atoms with Crippen molar-refractivity contribution in [3.05, 3.63) is 74.3 Å². The van der Waals surface area contributed by atoms with Gasteiger partial charge in [0.1, 0.15) is 0 Å². The second-order valence-corrected chi connectivity index (χ2v) is 5.05. The molecule has 0 fully saturated rings. The molecule has 0 spiro atoms. The fourth-order valence-electron chi connectivity index (χ4n) is 2.16. The predicted octanol–water partition coefficient (Wildman–Crippen LogP) is 3.80. The van der Waals surface area contributed by atoms with E-state index >= 15 is 0 Å². The number of benzene rings is 2. The summed E-state index contributed by atoms with van der Waals surface area (Å²) in [5, 5.41) is 11.6. The third-order valence-corrected chi connectivity index (χ3v) is 3.77. The molecule has 0 radical (unpaired) electrons. The van der Waals surface area contributed by atoms with Crippen molar-refractivity contribution in [2.75, 3.05) is 0 Å². The van der Waals surface area contributed by atoms with Gasteiger partial charge in [-0.15, -0.1) is 0 Å².